The van der Waals surface area contributed by atoms with Gasteiger partial charge in [0.2, 0.25) is 0 Å². The molecule has 0 N–H and O–H groups in total. The lowest BCUT2D eigenvalue weighted by atomic mass is 10.4. The smallest absolute Gasteiger partial charge is 0.330 e. The summed E-state index contributed by atoms with van der Waals surface area (Å²) < 4.78 is 6.37. The number of nitrogens with zero attached hydrogens (tertiary/aromatic N) is 2. The maximum absolute atomic E-state index is 10.9. The van der Waals surface area contributed by atoms with Crippen molar-refractivity contribution in [3.8, 4) is 0 Å². The highest BCUT2D eigenvalue weighted by molar-refractivity contribution is 5.86. The zero-order valence-corrected chi connectivity index (χ0v) is 8.25. The third kappa shape index (κ3) is 2.04. The molecule has 0 bridgehead atoms. The van der Waals surface area contributed by atoms with Crippen molar-refractivity contribution >= 4 is 17.7 Å². The van der Waals surface area contributed by atoms with Crippen molar-refractivity contribution in [3.63, 3.8) is 0 Å². The maximum atomic E-state index is 10.9. The summed E-state index contributed by atoms with van der Waals surface area (Å²) in [6, 6.07) is 5.73. The highest BCUT2D eigenvalue weighted by Crippen LogP contribution is 2.05. The summed E-state index contributed by atoms with van der Waals surface area (Å²) in [6.07, 6.45) is 6.72. The van der Waals surface area contributed by atoms with Crippen LogP contribution < -0.4 is 0 Å². The summed E-state index contributed by atoms with van der Waals surface area (Å²) in [5.41, 5.74) is 1.58. The lowest BCUT2D eigenvalue weighted by Gasteiger charge is -1.87. The Hall–Kier alpha value is -2.10. The number of hydrogen-bond donors (Lipinski definition) is 0. The lowest BCUT2D eigenvalue weighted by molar-refractivity contribution is -0.134. The number of pyridine rings is 1. The molecule has 2 aromatic heterocycles. The highest BCUT2D eigenvalue weighted by atomic mass is 16.5. The van der Waals surface area contributed by atoms with E-state index in [2.05, 4.69) is 9.72 Å². The molecular formula is C11H10N2O2. The number of rotatable bonds is 2. The SMILES string of the molecule is COC(=O)/C=C/c1cn2ccccc2n1. The van der Waals surface area contributed by atoms with E-state index in [1.165, 1.54) is 13.2 Å². The second kappa shape index (κ2) is 3.96. The molecule has 76 valence electrons. The molecular weight excluding hydrogens is 192 g/mol. The van der Waals surface area contributed by atoms with Gasteiger partial charge in [-0.1, -0.05) is 6.07 Å². The minimum atomic E-state index is -0.382. The van der Waals surface area contributed by atoms with Gasteiger partial charge in [-0.05, 0) is 18.2 Å². The van der Waals surface area contributed by atoms with Crippen LogP contribution in [0.4, 0.5) is 0 Å². The zero-order valence-electron chi connectivity index (χ0n) is 8.25. The molecule has 0 fully saturated rings. The molecule has 0 saturated heterocycles. The first-order valence-corrected chi connectivity index (χ1v) is 4.49. The van der Waals surface area contributed by atoms with E-state index in [9.17, 15) is 4.79 Å². The van der Waals surface area contributed by atoms with Gasteiger partial charge in [0.15, 0.2) is 0 Å². The van der Waals surface area contributed by atoms with Gasteiger partial charge >= 0.3 is 5.97 Å². The third-order valence-corrected chi connectivity index (χ3v) is 1.97. The molecule has 0 radical (unpaired) electrons. The first-order chi connectivity index (χ1) is 7.29. The van der Waals surface area contributed by atoms with Gasteiger partial charge in [0, 0.05) is 18.5 Å². The summed E-state index contributed by atoms with van der Waals surface area (Å²) >= 11 is 0. The first kappa shape index (κ1) is 9.45. The monoisotopic (exact) mass is 202 g/mol. The Morgan fingerprint density at radius 1 is 1.53 bits per heavy atom. The second-order valence-electron chi connectivity index (χ2n) is 2.99. The topological polar surface area (TPSA) is 43.6 Å². The molecule has 0 aliphatic heterocycles. The summed E-state index contributed by atoms with van der Waals surface area (Å²) in [4.78, 5) is 15.1. The molecule has 2 aromatic rings. The molecule has 0 unspecified atom stereocenters. The minimum absolute atomic E-state index is 0.382. The van der Waals surface area contributed by atoms with Crippen LogP contribution in [0.15, 0.2) is 36.7 Å². The number of aromatic nitrogens is 2. The molecule has 0 aliphatic carbocycles. The molecule has 0 spiro atoms. The van der Waals surface area contributed by atoms with Crippen LogP contribution in [0.5, 0.6) is 0 Å². The maximum Gasteiger partial charge on any atom is 0.330 e. The molecule has 0 amide bonds. The Morgan fingerprint density at radius 3 is 3.13 bits per heavy atom. The lowest BCUT2D eigenvalue weighted by Crippen LogP contribution is -1.93. The Balaban J connectivity index is 2.29. The van der Waals surface area contributed by atoms with Crippen LogP contribution in [0.25, 0.3) is 11.7 Å². The average molecular weight is 202 g/mol. The number of carbonyl (C=O) groups is 1. The number of fused-ring (bicyclic) bond motifs is 1. The molecule has 0 aromatic carbocycles. The predicted octanol–water partition coefficient (Wildman–Crippen LogP) is 1.52. The van der Waals surface area contributed by atoms with Crippen LogP contribution in [0.2, 0.25) is 0 Å². The zero-order chi connectivity index (χ0) is 10.7. The molecule has 0 saturated carbocycles. The van der Waals surface area contributed by atoms with Crippen molar-refractivity contribution in [1.29, 1.82) is 0 Å². The van der Waals surface area contributed by atoms with Crippen LogP contribution >= 0.6 is 0 Å². The fraction of sp³-hybridized carbons (Fsp3) is 0.0909. The van der Waals surface area contributed by atoms with Crippen molar-refractivity contribution in [3.05, 3.63) is 42.4 Å². The van der Waals surface area contributed by atoms with Crippen LogP contribution in [-0.2, 0) is 9.53 Å². The van der Waals surface area contributed by atoms with Crippen molar-refractivity contribution in [1.82, 2.24) is 9.38 Å². The van der Waals surface area contributed by atoms with Gasteiger partial charge in [0.25, 0.3) is 0 Å². The second-order valence-corrected chi connectivity index (χ2v) is 2.99. The highest BCUT2D eigenvalue weighted by Gasteiger charge is 1.97. The molecule has 4 nitrogen and oxygen atoms in total. The number of ether oxygens (including phenoxy) is 1. The van der Waals surface area contributed by atoms with Gasteiger partial charge < -0.3 is 9.14 Å². The Bertz CT molecular complexity index is 481. The molecule has 2 heterocycles. The number of carbonyl (C=O) groups excluding carboxylic acids is 1. The van der Waals surface area contributed by atoms with E-state index in [4.69, 9.17) is 0 Å². The molecule has 0 aliphatic rings. The number of imidazole rings is 1. The van der Waals surface area contributed by atoms with Gasteiger partial charge in [-0.3, -0.25) is 0 Å². The van der Waals surface area contributed by atoms with E-state index < -0.39 is 0 Å². The fourth-order valence-electron chi connectivity index (χ4n) is 1.26. The Kier molecular flexibility index (Phi) is 2.49. The van der Waals surface area contributed by atoms with Gasteiger partial charge in [-0.2, -0.15) is 0 Å². The van der Waals surface area contributed by atoms with Gasteiger partial charge in [0.05, 0.1) is 12.8 Å². The molecule has 15 heavy (non-hydrogen) atoms. The quantitative estimate of drug-likeness (QED) is 0.547. The molecule has 4 heteroatoms. The van der Waals surface area contributed by atoms with E-state index >= 15 is 0 Å². The molecule has 0 atom stereocenters. The van der Waals surface area contributed by atoms with Crippen LogP contribution in [0, 0.1) is 0 Å². The van der Waals surface area contributed by atoms with E-state index in [0.717, 1.165) is 11.3 Å². The summed E-state index contributed by atoms with van der Waals surface area (Å²) in [7, 11) is 1.34. The van der Waals surface area contributed by atoms with E-state index in [0.29, 0.717) is 0 Å². The standard InChI is InChI=1S/C11H10N2O2/c1-15-11(14)6-5-9-8-13-7-3-2-4-10(13)12-9/h2-8H,1H3/b6-5+. The van der Waals surface area contributed by atoms with Crippen molar-refractivity contribution in [2.75, 3.05) is 7.11 Å². The summed E-state index contributed by atoms with van der Waals surface area (Å²) in [6.45, 7) is 0. The van der Waals surface area contributed by atoms with Gasteiger partial charge in [-0.15, -0.1) is 0 Å². The normalized spacial score (nSPS) is 11.0. The first-order valence-electron chi connectivity index (χ1n) is 4.49. The van der Waals surface area contributed by atoms with Gasteiger partial charge in [0.1, 0.15) is 5.65 Å². The number of esters is 1. The Morgan fingerprint density at radius 2 is 2.40 bits per heavy atom. The van der Waals surface area contributed by atoms with Crippen LogP contribution in [0.1, 0.15) is 5.69 Å². The van der Waals surface area contributed by atoms with Crippen LogP contribution in [-0.4, -0.2) is 22.5 Å². The predicted molar refractivity (Wildman–Crippen MR) is 56.2 cm³/mol. The van der Waals surface area contributed by atoms with Crippen molar-refractivity contribution in [2.24, 2.45) is 0 Å². The van der Waals surface area contributed by atoms with Crippen molar-refractivity contribution < 1.29 is 9.53 Å². The summed E-state index contributed by atoms with van der Waals surface area (Å²) in [5.74, 6) is -0.382. The number of hydrogen-bond acceptors (Lipinski definition) is 3. The van der Waals surface area contributed by atoms with Gasteiger partial charge in [-0.25, -0.2) is 9.78 Å². The van der Waals surface area contributed by atoms with Crippen LogP contribution in [0.3, 0.4) is 0 Å². The minimum Gasteiger partial charge on any atom is -0.466 e. The van der Waals surface area contributed by atoms with E-state index in [1.54, 1.807) is 6.08 Å². The summed E-state index contributed by atoms with van der Waals surface area (Å²) in [5, 5.41) is 0. The van der Waals surface area contributed by atoms with Crippen molar-refractivity contribution in [2.45, 2.75) is 0 Å². The fourth-order valence-corrected chi connectivity index (χ4v) is 1.26. The average Bonchev–Trinajstić information content (AvgIpc) is 2.68. The number of methoxy groups -OCH3 is 1. The largest absolute Gasteiger partial charge is 0.466 e. The third-order valence-electron chi connectivity index (χ3n) is 1.97. The van der Waals surface area contributed by atoms with E-state index in [1.807, 2.05) is 35.0 Å². The molecule has 2 rings (SSSR count). The van der Waals surface area contributed by atoms with E-state index in [-0.39, 0.29) is 5.97 Å². The Labute approximate surface area is 86.8 Å².